The van der Waals surface area contributed by atoms with Crippen LogP contribution in [0.5, 0.6) is 0 Å². The lowest BCUT2D eigenvalue weighted by Crippen LogP contribution is -2.45. The molecular formula is C14H23N3O2. The Bertz CT molecular complexity index is 456. The van der Waals surface area contributed by atoms with Crippen molar-refractivity contribution in [1.29, 1.82) is 0 Å². The summed E-state index contributed by atoms with van der Waals surface area (Å²) in [4.78, 5) is 14.0. The molecule has 0 aromatic carbocycles. The summed E-state index contributed by atoms with van der Waals surface area (Å²) in [7, 11) is 0. The Kier molecular flexibility index (Phi) is 4.24. The lowest BCUT2D eigenvalue weighted by molar-refractivity contribution is -0.135. The van der Waals surface area contributed by atoms with Gasteiger partial charge in [0.15, 0.2) is 0 Å². The van der Waals surface area contributed by atoms with Gasteiger partial charge in [-0.05, 0) is 32.3 Å². The average Bonchev–Trinajstić information content (AvgIpc) is 2.68. The number of piperidine rings is 1. The molecule has 0 spiro atoms. The van der Waals surface area contributed by atoms with E-state index in [4.69, 9.17) is 0 Å². The molecule has 2 unspecified atom stereocenters. The fraction of sp³-hybridized carbons (Fsp3) is 0.714. The molecule has 2 atom stereocenters. The lowest BCUT2D eigenvalue weighted by Gasteiger charge is -2.34. The third kappa shape index (κ3) is 3.35. The molecule has 0 bridgehead atoms. The van der Waals surface area contributed by atoms with Crippen LogP contribution in [0.3, 0.4) is 0 Å². The minimum Gasteiger partial charge on any atom is -0.393 e. The van der Waals surface area contributed by atoms with Gasteiger partial charge in [0.25, 0.3) is 0 Å². The lowest BCUT2D eigenvalue weighted by atomic mass is 9.96. The first-order valence-corrected chi connectivity index (χ1v) is 6.94. The number of aryl methyl sites for hydroxylation is 3. The molecule has 1 aromatic rings. The summed E-state index contributed by atoms with van der Waals surface area (Å²) in [6.07, 6.45) is 0.900. The Morgan fingerprint density at radius 3 is 2.84 bits per heavy atom. The molecule has 19 heavy (non-hydrogen) atoms. The van der Waals surface area contributed by atoms with E-state index in [-0.39, 0.29) is 17.9 Å². The van der Waals surface area contributed by atoms with Crippen molar-refractivity contribution in [2.24, 2.45) is 5.92 Å². The Labute approximate surface area is 114 Å². The summed E-state index contributed by atoms with van der Waals surface area (Å²) in [6, 6.07) is 2.02. The number of hydrogen-bond acceptors (Lipinski definition) is 3. The third-order valence-corrected chi connectivity index (χ3v) is 3.85. The molecule has 2 heterocycles. The minimum atomic E-state index is -0.264. The van der Waals surface area contributed by atoms with Crippen molar-refractivity contribution in [3.8, 4) is 0 Å². The van der Waals surface area contributed by atoms with E-state index >= 15 is 0 Å². The fourth-order valence-electron chi connectivity index (χ4n) is 2.62. The highest BCUT2D eigenvalue weighted by Crippen LogP contribution is 2.17. The van der Waals surface area contributed by atoms with Gasteiger partial charge in [-0.25, -0.2) is 0 Å². The topological polar surface area (TPSA) is 58.4 Å². The van der Waals surface area contributed by atoms with Crippen molar-refractivity contribution in [2.45, 2.75) is 46.3 Å². The van der Waals surface area contributed by atoms with E-state index in [1.165, 1.54) is 0 Å². The van der Waals surface area contributed by atoms with Crippen LogP contribution in [-0.4, -0.2) is 44.9 Å². The van der Waals surface area contributed by atoms with Crippen molar-refractivity contribution in [3.05, 3.63) is 17.5 Å². The van der Waals surface area contributed by atoms with Crippen LogP contribution in [0.25, 0.3) is 0 Å². The van der Waals surface area contributed by atoms with E-state index in [0.717, 1.165) is 11.4 Å². The number of carbonyl (C=O) groups excluding carboxylic acids is 1. The summed E-state index contributed by atoms with van der Waals surface area (Å²) >= 11 is 0. The molecule has 2 rings (SSSR count). The number of rotatable bonds is 3. The normalized spacial score (nSPS) is 23.7. The molecule has 1 N–H and O–H groups in total. The highest BCUT2D eigenvalue weighted by atomic mass is 16.3. The van der Waals surface area contributed by atoms with Gasteiger partial charge < -0.3 is 10.0 Å². The molecule has 0 aliphatic carbocycles. The molecule has 1 saturated heterocycles. The van der Waals surface area contributed by atoms with E-state index in [2.05, 4.69) is 5.10 Å². The number of aliphatic hydroxyl groups is 1. The number of amides is 1. The van der Waals surface area contributed by atoms with Gasteiger partial charge in [0.05, 0.1) is 11.8 Å². The van der Waals surface area contributed by atoms with Crippen LogP contribution in [0, 0.1) is 19.8 Å². The van der Waals surface area contributed by atoms with Crippen LogP contribution < -0.4 is 0 Å². The number of carbonyl (C=O) groups is 1. The SMILES string of the molecule is Cc1cc(C)n(CCC(=O)N2CCC(O)C(C)C2)n1. The molecule has 0 saturated carbocycles. The molecule has 5 nitrogen and oxygen atoms in total. The first kappa shape index (κ1) is 14.1. The fourth-order valence-corrected chi connectivity index (χ4v) is 2.62. The number of aliphatic hydroxyl groups excluding tert-OH is 1. The summed E-state index contributed by atoms with van der Waals surface area (Å²) in [5, 5.41) is 14.0. The smallest absolute Gasteiger partial charge is 0.224 e. The molecule has 1 fully saturated rings. The monoisotopic (exact) mass is 265 g/mol. The molecule has 1 aliphatic heterocycles. The molecule has 0 radical (unpaired) electrons. The van der Waals surface area contributed by atoms with Crippen LogP contribution in [-0.2, 0) is 11.3 Å². The maximum atomic E-state index is 12.1. The van der Waals surface area contributed by atoms with Crippen molar-refractivity contribution in [1.82, 2.24) is 14.7 Å². The maximum Gasteiger partial charge on any atom is 0.224 e. The second-order valence-electron chi connectivity index (χ2n) is 5.57. The highest BCUT2D eigenvalue weighted by Gasteiger charge is 2.26. The first-order valence-electron chi connectivity index (χ1n) is 6.94. The third-order valence-electron chi connectivity index (χ3n) is 3.85. The molecule has 1 aliphatic rings. The zero-order chi connectivity index (χ0) is 14.0. The van der Waals surface area contributed by atoms with E-state index in [9.17, 15) is 9.90 Å². The zero-order valence-electron chi connectivity index (χ0n) is 12.0. The van der Waals surface area contributed by atoms with Crippen LogP contribution in [0.2, 0.25) is 0 Å². The summed E-state index contributed by atoms with van der Waals surface area (Å²) in [5.41, 5.74) is 2.08. The second-order valence-corrected chi connectivity index (χ2v) is 5.57. The van der Waals surface area contributed by atoms with Gasteiger partial charge in [0.1, 0.15) is 0 Å². The van der Waals surface area contributed by atoms with Gasteiger partial charge in [-0.15, -0.1) is 0 Å². The molecule has 5 heteroatoms. The standard InChI is InChI=1S/C14H23N3O2/c1-10-9-16(6-4-13(10)18)14(19)5-7-17-12(3)8-11(2)15-17/h8,10,13,18H,4-7,9H2,1-3H3. The quantitative estimate of drug-likeness (QED) is 0.891. The van der Waals surface area contributed by atoms with Crippen molar-refractivity contribution in [3.63, 3.8) is 0 Å². The average molecular weight is 265 g/mol. The van der Waals surface area contributed by atoms with Gasteiger partial charge in [-0.3, -0.25) is 9.48 Å². The van der Waals surface area contributed by atoms with Gasteiger partial charge in [-0.2, -0.15) is 5.10 Å². The minimum absolute atomic E-state index is 0.159. The van der Waals surface area contributed by atoms with Crippen molar-refractivity contribution < 1.29 is 9.90 Å². The van der Waals surface area contributed by atoms with Crippen LogP contribution in [0.1, 0.15) is 31.2 Å². The van der Waals surface area contributed by atoms with E-state index in [1.807, 2.05) is 36.4 Å². The Balaban J connectivity index is 1.86. The van der Waals surface area contributed by atoms with Gasteiger partial charge in [0.2, 0.25) is 5.91 Å². The molecule has 1 amide bonds. The summed E-state index contributed by atoms with van der Waals surface area (Å²) in [5.74, 6) is 0.331. The first-order chi connectivity index (χ1) is 8.97. The van der Waals surface area contributed by atoms with Gasteiger partial charge in [-0.1, -0.05) is 6.92 Å². The van der Waals surface area contributed by atoms with E-state index in [0.29, 0.717) is 32.5 Å². The highest BCUT2D eigenvalue weighted by molar-refractivity contribution is 5.76. The van der Waals surface area contributed by atoms with Gasteiger partial charge >= 0.3 is 0 Å². The van der Waals surface area contributed by atoms with Crippen LogP contribution in [0.4, 0.5) is 0 Å². The predicted molar refractivity (Wildman–Crippen MR) is 72.7 cm³/mol. The van der Waals surface area contributed by atoms with Crippen LogP contribution >= 0.6 is 0 Å². The zero-order valence-corrected chi connectivity index (χ0v) is 12.0. The number of aromatic nitrogens is 2. The molecule has 1 aromatic heterocycles. The molecular weight excluding hydrogens is 242 g/mol. The van der Waals surface area contributed by atoms with E-state index < -0.39 is 0 Å². The summed E-state index contributed by atoms with van der Waals surface area (Å²) in [6.45, 7) is 7.92. The summed E-state index contributed by atoms with van der Waals surface area (Å²) < 4.78 is 1.88. The van der Waals surface area contributed by atoms with Gasteiger partial charge in [0, 0.05) is 31.7 Å². The second kappa shape index (κ2) is 5.74. The number of likely N-dealkylation sites (tertiary alicyclic amines) is 1. The molecule has 106 valence electrons. The predicted octanol–water partition coefficient (Wildman–Crippen LogP) is 1.12. The van der Waals surface area contributed by atoms with Crippen LogP contribution in [0.15, 0.2) is 6.07 Å². The van der Waals surface area contributed by atoms with Crippen molar-refractivity contribution >= 4 is 5.91 Å². The van der Waals surface area contributed by atoms with E-state index in [1.54, 1.807) is 0 Å². The Hall–Kier alpha value is -1.36. The number of hydrogen-bond donors (Lipinski definition) is 1. The largest absolute Gasteiger partial charge is 0.393 e. The Morgan fingerprint density at radius 1 is 1.53 bits per heavy atom. The van der Waals surface area contributed by atoms with Crippen molar-refractivity contribution in [2.75, 3.05) is 13.1 Å². The maximum absolute atomic E-state index is 12.1. The number of nitrogens with zero attached hydrogens (tertiary/aromatic N) is 3. The Morgan fingerprint density at radius 2 is 2.26 bits per heavy atom.